The number of hydroxylamine groups is 2. The largest absolute Gasteiger partial charge is 0.394 e. The van der Waals surface area contributed by atoms with Crippen LogP contribution in [-0.4, -0.2) is 48.1 Å². The van der Waals surface area contributed by atoms with Gasteiger partial charge in [-0.1, -0.05) is 0 Å². The molecule has 5 nitrogen and oxygen atoms in total. The molecule has 0 spiro atoms. The third kappa shape index (κ3) is 3.92. The highest BCUT2D eigenvalue weighted by molar-refractivity contribution is 5.75. The highest BCUT2D eigenvalue weighted by Crippen LogP contribution is 1.95. The number of aliphatic hydroxyl groups excluding tert-OH is 2. The van der Waals surface area contributed by atoms with Gasteiger partial charge < -0.3 is 10.2 Å². The molecule has 0 unspecified atom stereocenters. The monoisotopic (exact) mass is 163 g/mol. The van der Waals surface area contributed by atoms with Gasteiger partial charge in [-0.2, -0.15) is 0 Å². The lowest BCUT2D eigenvalue weighted by Crippen LogP contribution is -2.30. The van der Waals surface area contributed by atoms with Crippen LogP contribution in [0.1, 0.15) is 6.42 Å². The van der Waals surface area contributed by atoms with Gasteiger partial charge in [-0.25, -0.2) is 5.06 Å². The number of amides is 1. The minimum Gasteiger partial charge on any atom is -0.394 e. The van der Waals surface area contributed by atoms with Crippen molar-refractivity contribution in [2.24, 2.45) is 0 Å². The lowest BCUT2D eigenvalue weighted by molar-refractivity contribution is -0.171. The van der Waals surface area contributed by atoms with E-state index in [4.69, 9.17) is 10.2 Å². The fourth-order valence-corrected chi connectivity index (χ4v) is 0.496. The van der Waals surface area contributed by atoms with E-state index in [2.05, 4.69) is 4.84 Å². The maximum absolute atomic E-state index is 10.9. The number of hydrogen-bond donors (Lipinski definition) is 2. The zero-order chi connectivity index (χ0) is 8.85. The highest BCUT2D eigenvalue weighted by atomic mass is 16.7. The molecule has 0 bridgehead atoms. The second kappa shape index (κ2) is 5.06. The van der Waals surface area contributed by atoms with E-state index in [0.717, 1.165) is 5.06 Å². The van der Waals surface area contributed by atoms with Crippen molar-refractivity contribution in [1.82, 2.24) is 5.06 Å². The van der Waals surface area contributed by atoms with Gasteiger partial charge in [0, 0.05) is 7.05 Å². The van der Waals surface area contributed by atoms with Crippen molar-refractivity contribution < 1.29 is 19.8 Å². The Morgan fingerprint density at radius 2 is 2.27 bits per heavy atom. The Hall–Kier alpha value is -0.650. The number of rotatable bonds is 4. The Kier molecular flexibility index (Phi) is 4.76. The van der Waals surface area contributed by atoms with E-state index in [1.54, 1.807) is 0 Å². The molecule has 0 rings (SSSR count). The molecule has 0 aliphatic heterocycles. The molecule has 0 saturated carbocycles. The van der Waals surface area contributed by atoms with Crippen LogP contribution in [0.4, 0.5) is 0 Å². The average Bonchev–Trinajstić information content (AvgIpc) is 2.02. The third-order valence-electron chi connectivity index (χ3n) is 1.25. The van der Waals surface area contributed by atoms with E-state index in [1.165, 1.54) is 14.2 Å². The van der Waals surface area contributed by atoms with Gasteiger partial charge in [-0.15, -0.1) is 0 Å². The van der Waals surface area contributed by atoms with Gasteiger partial charge in [0.05, 0.1) is 26.2 Å². The van der Waals surface area contributed by atoms with Crippen LogP contribution < -0.4 is 0 Å². The smallest absolute Gasteiger partial charge is 0.248 e. The predicted octanol–water partition coefficient (Wildman–Crippen LogP) is -1.25. The molecule has 0 aromatic rings. The van der Waals surface area contributed by atoms with Crippen molar-refractivity contribution in [3.8, 4) is 0 Å². The van der Waals surface area contributed by atoms with Crippen molar-refractivity contribution in [1.29, 1.82) is 0 Å². The van der Waals surface area contributed by atoms with Crippen molar-refractivity contribution in [2.75, 3.05) is 20.8 Å². The minimum atomic E-state index is -1.000. The zero-order valence-electron chi connectivity index (χ0n) is 6.65. The molecule has 0 aromatic carbocycles. The maximum Gasteiger partial charge on any atom is 0.248 e. The van der Waals surface area contributed by atoms with E-state index in [1.807, 2.05) is 0 Å². The summed E-state index contributed by atoms with van der Waals surface area (Å²) < 4.78 is 0. The number of aliphatic hydroxyl groups is 2. The van der Waals surface area contributed by atoms with E-state index >= 15 is 0 Å². The first-order valence-corrected chi connectivity index (χ1v) is 3.21. The molecule has 0 aromatic heterocycles. The molecule has 0 fully saturated rings. The summed E-state index contributed by atoms with van der Waals surface area (Å²) >= 11 is 0. The molecule has 66 valence electrons. The fraction of sp³-hybridized carbons (Fsp3) is 0.833. The van der Waals surface area contributed by atoms with Crippen LogP contribution in [0.3, 0.4) is 0 Å². The molecule has 5 heteroatoms. The third-order valence-corrected chi connectivity index (χ3v) is 1.25. The quantitative estimate of drug-likeness (QED) is 0.508. The molecule has 0 saturated heterocycles. The van der Waals surface area contributed by atoms with Crippen LogP contribution in [-0.2, 0) is 9.63 Å². The molecule has 11 heavy (non-hydrogen) atoms. The molecule has 0 heterocycles. The van der Waals surface area contributed by atoms with Crippen LogP contribution in [0.15, 0.2) is 0 Å². The molecule has 0 radical (unpaired) electrons. The summed E-state index contributed by atoms with van der Waals surface area (Å²) in [6.45, 7) is -0.413. The van der Waals surface area contributed by atoms with Crippen molar-refractivity contribution in [2.45, 2.75) is 12.5 Å². The Labute approximate surface area is 65.1 Å². The number of nitrogens with zero attached hydrogens (tertiary/aromatic N) is 1. The van der Waals surface area contributed by atoms with E-state index in [0.29, 0.717) is 0 Å². The lowest BCUT2D eigenvalue weighted by atomic mass is 10.2. The summed E-state index contributed by atoms with van der Waals surface area (Å²) in [6, 6.07) is 0. The Morgan fingerprint density at radius 3 is 2.64 bits per heavy atom. The number of carbonyl (C=O) groups excluding carboxylic acids is 1. The molecule has 1 amide bonds. The summed E-state index contributed by atoms with van der Waals surface area (Å²) in [5, 5.41) is 18.2. The molecule has 2 N–H and O–H groups in total. The minimum absolute atomic E-state index is 0.124. The lowest BCUT2D eigenvalue weighted by Gasteiger charge is -2.14. The Morgan fingerprint density at radius 1 is 1.73 bits per heavy atom. The van der Waals surface area contributed by atoms with Crippen LogP contribution in [0.2, 0.25) is 0 Å². The Balaban J connectivity index is 3.68. The van der Waals surface area contributed by atoms with Gasteiger partial charge in [0.15, 0.2) is 0 Å². The molecular weight excluding hydrogens is 150 g/mol. The van der Waals surface area contributed by atoms with Crippen molar-refractivity contribution in [3.63, 3.8) is 0 Å². The van der Waals surface area contributed by atoms with Crippen molar-refractivity contribution >= 4 is 5.91 Å². The molecule has 1 atom stereocenters. The average molecular weight is 163 g/mol. The molecule has 0 aliphatic rings. The van der Waals surface area contributed by atoms with Crippen molar-refractivity contribution in [3.05, 3.63) is 0 Å². The first-order chi connectivity index (χ1) is 5.11. The summed E-state index contributed by atoms with van der Waals surface area (Å²) in [5.74, 6) is -0.367. The van der Waals surface area contributed by atoms with Crippen LogP contribution >= 0.6 is 0 Å². The van der Waals surface area contributed by atoms with Crippen LogP contribution in [0.25, 0.3) is 0 Å². The van der Waals surface area contributed by atoms with Crippen LogP contribution in [0, 0.1) is 0 Å². The SMILES string of the molecule is CON(C)C(=O)C[C@H](O)CO. The first-order valence-electron chi connectivity index (χ1n) is 3.21. The molecule has 0 aliphatic carbocycles. The summed E-state index contributed by atoms with van der Waals surface area (Å²) in [7, 11) is 2.79. The Bertz CT molecular complexity index is 128. The van der Waals surface area contributed by atoms with Gasteiger partial charge in [-0.05, 0) is 0 Å². The summed E-state index contributed by atoms with van der Waals surface area (Å²) in [4.78, 5) is 15.4. The van der Waals surface area contributed by atoms with Gasteiger partial charge in [0.1, 0.15) is 0 Å². The summed E-state index contributed by atoms with van der Waals surface area (Å²) in [6.07, 6.45) is -1.12. The first kappa shape index (κ1) is 10.3. The van der Waals surface area contributed by atoms with Crippen LogP contribution in [0.5, 0.6) is 0 Å². The topological polar surface area (TPSA) is 70.0 Å². The van der Waals surface area contributed by atoms with Gasteiger partial charge in [0.25, 0.3) is 0 Å². The predicted molar refractivity (Wildman–Crippen MR) is 37.5 cm³/mol. The normalized spacial score (nSPS) is 12.7. The zero-order valence-corrected chi connectivity index (χ0v) is 6.65. The standard InChI is InChI=1S/C6H13NO4/c1-7(11-2)6(10)3-5(9)4-8/h5,8-9H,3-4H2,1-2H3/t5-/m0/s1. The molecular formula is C6H13NO4. The number of carbonyl (C=O) groups is 1. The fourth-order valence-electron chi connectivity index (χ4n) is 0.496. The number of hydrogen-bond acceptors (Lipinski definition) is 4. The second-order valence-corrected chi connectivity index (χ2v) is 2.11. The highest BCUT2D eigenvalue weighted by Gasteiger charge is 2.13. The van der Waals surface area contributed by atoms with E-state index < -0.39 is 12.7 Å². The van der Waals surface area contributed by atoms with Gasteiger partial charge in [-0.3, -0.25) is 9.63 Å². The second-order valence-electron chi connectivity index (χ2n) is 2.11. The van der Waals surface area contributed by atoms with Gasteiger partial charge in [0.2, 0.25) is 5.91 Å². The summed E-state index contributed by atoms with van der Waals surface area (Å²) in [5.41, 5.74) is 0. The van der Waals surface area contributed by atoms with E-state index in [9.17, 15) is 4.79 Å². The van der Waals surface area contributed by atoms with Gasteiger partial charge >= 0.3 is 0 Å². The van der Waals surface area contributed by atoms with E-state index in [-0.39, 0.29) is 12.3 Å². The maximum atomic E-state index is 10.9.